The van der Waals surface area contributed by atoms with E-state index >= 15 is 0 Å². The maximum absolute atomic E-state index is 13.8. The fourth-order valence-electron chi connectivity index (χ4n) is 5.53. The molecule has 0 bridgehead atoms. The van der Waals surface area contributed by atoms with Gasteiger partial charge in [-0.05, 0) is 86.3 Å². The van der Waals surface area contributed by atoms with Crippen LogP contribution >= 0.6 is 0 Å². The monoisotopic (exact) mass is 676 g/mol. The molecule has 0 radical (unpaired) electrons. The summed E-state index contributed by atoms with van der Waals surface area (Å²) in [6.07, 6.45) is -4.82. The summed E-state index contributed by atoms with van der Waals surface area (Å²) in [5.41, 5.74) is 0.900. The second-order valence-electron chi connectivity index (χ2n) is 12.2. The van der Waals surface area contributed by atoms with E-state index in [0.717, 1.165) is 41.3 Å². The van der Waals surface area contributed by atoms with Crippen molar-refractivity contribution in [3.8, 4) is 17.2 Å². The molecule has 0 fully saturated rings. The molecule has 0 aliphatic carbocycles. The van der Waals surface area contributed by atoms with Gasteiger partial charge in [0.2, 0.25) is 0 Å². The van der Waals surface area contributed by atoms with Crippen LogP contribution in [-0.2, 0) is 12.7 Å². The van der Waals surface area contributed by atoms with Gasteiger partial charge >= 0.3 is 12.2 Å². The van der Waals surface area contributed by atoms with Gasteiger partial charge in [0.1, 0.15) is 23.4 Å². The van der Waals surface area contributed by atoms with Gasteiger partial charge in [0.25, 0.3) is 5.91 Å². The molecule has 5 rings (SSSR count). The number of rotatable bonds is 10. The highest BCUT2D eigenvalue weighted by molar-refractivity contribution is 6.02. The third kappa shape index (κ3) is 9.30. The fraction of sp³-hybridized carbons (Fsp3) is 0.297. The lowest BCUT2D eigenvalue weighted by molar-refractivity contribution is -0.137. The lowest BCUT2D eigenvalue weighted by Crippen LogP contribution is -2.49. The second-order valence-corrected chi connectivity index (χ2v) is 12.2. The third-order valence-electron chi connectivity index (χ3n) is 8.24. The lowest BCUT2D eigenvalue weighted by Gasteiger charge is -2.38. The number of likely N-dealkylation sites (N-methyl/N-ethyl adjacent to an activating group) is 1. The molecular weight excluding hydrogens is 637 g/mol. The molecule has 12 heteroatoms. The first kappa shape index (κ1) is 35.2. The molecule has 4 aromatic carbocycles. The van der Waals surface area contributed by atoms with E-state index in [1.807, 2.05) is 68.6 Å². The molecule has 9 nitrogen and oxygen atoms in total. The van der Waals surface area contributed by atoms with Gasteiger partial charge in [-0.15, -0.1) is 0 Å². The van der Waals surface area contributed by atoms with Crippen molar-refractivity contribution in [3.05, 3.63) is 114 Å². The number of anilines is 2. The van der Waals surface area contributed by atoms with Crippen molar-refractivity contribution in [2.75, 3.05) is 37.4 Å². The lowest BCUT2D eigenvalue weighted by atomic mass is 9.99. The van der Waals surface area contributed by atoms with Crippen molar-refractivity contribution in [2.45, 2.75) is 38.7 Å². The zero-order valence-corrected chi connectivity index (χ0v) is 27.4. The van der Waals surface area contributed by atoms with Crippen molar-refractivity contribution in [1.29, 1.82) is 0 Å². The molecule has 3 atom stereocenters. The SMILES string of the molecule is C[C@H]1CN([C@@H](C)CO)C(=O)c2cc(NC(=O)Nc3ccc(C(F)(F)F)cc3)ccc2O[C@@H]1CN(C)Cc1ccc(Oc2ccccc2)cc1. The van der Waals surface area contributed by atoms with Crippen LogP contribution in [0.15, 0.2) is 97.1 Å². The quantitative estimate of drug-likeness (QED) is 0.161. The Balaban J connectivity index is 1.28. The van der Waals surface area contributed by atoms with Gasteiger partial charge in [0, 0.05) is 36.9 Å². The van der Waals surface area contributed by atoms with Gasteiger partial charge in [-0.1, -0.05) is 37.3 Å². The Bertz CT molecular complexity index is 1720. The van der Waals surface area contributed by atoms with Crippen LogP contribution in [0, 0.1) is 5.92 Å². The number of carbonyl (C=O) groups is 2. The minimum atomic E-state index is -4.49. The molecular formula is C37H39F3N4O5. The Morgan fingerprint density at radius 1 is 0.980 bits per heavy atom. The Labute approximate surface area is 283 Å². The Morgan fingerprint density at radius 2 is 1.61 bits per heavy atom. The smallest absolute Gasteiger partial charge is 0.416 e. The molecule has 258 valence electrons. The van der Waals surface area contributed by atoms with E-state index in [4.69, 9.17) is 9.47 Å². The van der Waals surface area contributed by atoms with Gasteiger partial charge in [-0.2, -0.15) is 13.2 Å². The van der Waals surface area contributed by atoms with Gasteiger partial charge in [0.05, 0.1) is 23.8 Å². The Hall–Kier alpha value is -5.07. The molecule has 3 N–H and O–H groups in total. The van der Waals surface area contributed by atoms with Crippen molar-refractivity contribution in [2.24, 2.45) is 5.92 Å². The summed E-state index contributed by atoms with van der Waals surface area (Å²) in [6.45, 7) is 5.03. The Morgan fingerprint density at radius 3 is 2.27 bits per heavy atom. The highest BCUT2D eigenvalue weighted by atomic mass is 19.4. The van der Waals surface area contributed by atoms with Crippen LogP contribution in [0.3, 0.4) is 0 Å². The highest BCUT2D eigenvalue weighted by Crippen LogP contribution is 2.32. The number of amides is 3. The van der Waals surface area contributed by atoms with E-state index in [2.05, 4.69) is 15.5 Å². The molecule has 0 saturated heterocycles. The first-order valence-electron chi connectivity index (χ1n) is 15.9. The first-order valence-corrected chi connectivity index (χ1v) is 15.9. The van der Waals surface area contributed by atoms with Crippen LogP contribution < -0.4 is 20.1 Å². The van der Waals surface area contributed by atoms with Gasteiger partial charge in [-0.3, -0.25) is 9.69 Å². The second kappa shape index (κ2) is 15.4. The number of hydrogen-bond acceptors (Lipinski definition) is 6. The standard InChI is InChI=1S/C37H39F3N4O5/c1-24-20-44(25(2)23-45)35(46)32-19-29(42-36(47)41-28-13-11-27(12-14-28)37(38,39)40)15-18-33(32)49-34(24)22-43(3)21-26-9-16-31(17-10-26)48-30-7-5-4-6-8-30/h4-19,24-25,34,45H,20-23H2,1-3H3,(H2,41,42,47)/t24-,25-,34+/m0/s1. The number of urea groups is 1. The van der Waals surface area contributed by atoms with Crippen molar-refractivity contribution in [3.63, 3.8) is 0 Å². The van der Waals surface area contributed by atoms with Crippen molar-refractivity contribution in [1.82, 2.24) is 9.80 Å². The molecule has 1 aliphatic rings. The summed E-state index contributed by atoms with van der Waals surface area (Å²) in [4.78, 5) is 30.2. The predicted molar refractivity (Wildman–Crippen MR) is 181 cm³/mol. The molecule has 3 amide bonds. The van der Waals surface area contributed by atoms with E-state index in [1.54, 1.807) is 24.0 Å². The van der Waals surface area contributed by atoms with Crippen LogP contribution in [0.4, 0.5) is 29.3 Å². The van der Waals surface area contributed by atoms with E-state index in [9.17, 15) is 27.9 Å². The largest absolute Gasteiger partial charge is 0.488 e. The summed E-state index contributed by atoms with van der Waals surface area (Å²) in [5.74, 6) is 1.37. The molecule has 1 aliphatic heterocycles. The summed E-state index contributed by atoms with van der Waals surface area (Å²) >= 11 is 0. The normalized spacial score (nSPS) is 17.0. The number of para-hydroxylation sites is 1. The molecule has 0 aromatic heterocycles. The number of carbonyl (C=O) groups excluding carboxylic acids is 2. The molecule has 0 saturated carbocycles. The Kier molecular flexibility index (Phi) is 11.1. The maximum atomic E-state index is 13.8. The number of benzene rings is 4. The zero-order chi connectivity index (χ0) is 35.1. The minimum Gasteiger partial charge on any atom is -0.488 e. The minimum absolute atomic E-state index is 0.0949. The third-order valence-corrected chi connectivity index (χ3v) is 8.24. The first-order chi connectivity index (χ1) is 23.4. The molecule has 0 unspecified atom stereocenters. The predicted octanol–water partition coefficient (Wildman–Crippen LogP) is 7.49. The number of fused-ring (bicyclic) bond motifs is 1. The van der Waals surface area contributed by atoms with Crippen LogP contribution in [0.25, 0.3) is 0 Å². The molecule has 49 heavy (non-hydrogen) atoms. The number of ether oxygens (including phenoxy) is 2. The van der Waals surface area contributed by atoms with Crippen LogP contribution in [0.2, 0.25) is 0 Å². The van der Waals surface area contributed by atoms with Gasteiger partial charge < -0.3 is 30.1 Å². The highest BCUT2D eigenvalue weighted by Gasteiger charge is 2.34. The van der Waals surface area contributed by atoms with Gasteiger partial charge in [0.15, 0.2) is 0 Å². The molecule has 4 aromatic rings. The average molecular weight is 677 g/mol. The zero-order valence-electron chi connectivity index (χ0n) is 27.4. The van der Waals surface area contributed by atoms with E-state index in [1.165, 1.54) is 6.07 Å². The van der Waals surface area contributed by atoms with Gasteiger partial charge in [-0.25, -0.2) is 4.79 Å². The maximum Gasteiger partial charge on any atom is 0.416 e. The number of aliphatic hydroxyl groups excluding tert-OH is 1. The van der Waals surface area contributed by atoms with E-state index in [-0.39, 0.29) is 41.5 Å². The average Bonchev–Trinajstić information content (AvgIpc) is 3.07. The summed E-state index contributed by atoms with van der Waals surface area (Å²) in [6, 6.07) is 25.0. The van der Waals surface area contributed by atoms with E-state index in [0.29, 0.717) is 25.4 Å². The number of nitrogens with zero attached hydrogens (tertiary/aromatic N) is 2. The molecule has 0 spiro atoms. The number of hydrogen-bond donors (Lipinski definition) is 3. The van der Waals surface area contributed by atoms with Crippen molar-refractivity contribution >= 4 is 23.3 Å². The number of halogens is 3. The fourth-order valence-corrected chi connectivity index (χ4v) is 5.53. The van der Waals surface area contributed by atoms with Crippen LogP contribution in [0.5, 0.6) is 17.2 Å². The topological polar surface area (TPSA) is 103 Å². The summed E-state index contributed by atoms with van der Waals surface area (Å²) in [7, 11) is 1.99. The van der Waals surface area contributed by atoms with Crippen LogP contribution in [-0.4, -0.2) is 65.7 Å². The summed E-state index contributed by atoms with van der Waals surface area (Å²) in [5, 5.41) is 15.1. The molecule has 1 heterocycles. The number of aliphatic hydroxyl groups is 1. The van der Waals surface area contributed by atoms with E-state index < -0.39 is 23.8 Å². The number of alkyl halides is 3. The summed E-state index contributed by atoms with van der Waals surface area (Å²) < 4.78 is 51.1. The van der Waals surface area contributed by atoms with Crippen LogP contribution in [0.1, 0.15) is 35.3 Å². The van der Waals surface area contributed by atoms with Crippen molar-refractivity contribution < 1.29 is 37.3 Å². The number of nitrogens with one attached hydrogen (secondary N) is 2.